The third kappa shape index (κ3) is 2.87. The lowest BCUT2D eigenvalue weighted by Crippen LogP contribution is -2.24. The van der Waals surface area contributed by atoms with E-state index >= 15 is 0 Å². The average molecular weight is 395 g/mol. The van der Waals surface area contributed by atoms with Gasteiger partial charge in [-0.05, 0) is 36.0 Å². The summed E-state index contributed by atoms with van der Waals surface area (Å²) in [4.78, 5) is 20.5. The van der Waals surface area contributed by atoms with E-state index in [-0.39, 0.29) is 18.9 Å². The van der Waals surface area contributed by atoms with Crippen molar-refractivity contribution in [2.75, 3.05) is 13.1 Å². The summed E-state index contributed by atoms with van der Waals surface area (Å²) in [6, 6.07) is 11.9. The van der Waals surface area contributed by atoms with Crippen LogP contribution in [0.2, 0.25) is 0 Å². The molecule has 3 aromatic rings. The molecule has 1 fully saturated rings. The topological polar surface area (TPSA) is 77.6 Å². The number of aliphatic imine (C=N–C) groups is 1. The van der Waals surface area contributed by atoms with E-state index in [4.69, 9.17) is 12.3 Å². The zero-order chi connectivity index (χ0) is 20.8. The first-order valence-corrected chi connectivity index (χ1v) is 10.1. The first-order valence-electron chi connectivity index (χ1n) is 10.1. The van der Waals surface area contributed by atoms with E-state index < -0.39 is 0 Å². The van der Waals surface area contributed by atoms with Gasteiger partial charge in [-0.1, -0.05) is 30.3 Å². The van der Waals surface area contributed by atoms with Crippen molar-refractivity contribution in [3.05, 3.63) is 70.7 Å². The number of carbonyl (C=O) groups is 1. The Morgan fingerprint density at radius 1 is 1.17 bits per heavy atom. The molecule has 0 bridgehead atoms. The Bertz CT molecular complexity index is 1260. The van der Waals surface area contributed by atoms with E-state index in [1.54, 1.807) is 0 Å². The van der Waals surface area contributed by atoms with Crippen LogP contribution in [0.5, 0.6) is 0 Å². The Morgan fingerprint density at radius 3 is 2.73 bits per heavy atom. The number of nitrogens with two attached hydrogens (primary N) is 1. The van der Waals surface area contributed by atoms with Crippen LogP contribution in [0, 0.1) is 6.57 Å². The molecule has 1 saturated carbocycles. The molecular formula is C24H21N5O. The van der Waals surface area contributed by atoms with Gasteiger partial charge in [0.25, 0.3) is 0 Å². The molecule has 1 aliphatic carbocycles. The number of aryl methyl sites for hydroxylation is 1. The highest BCUT2D eigenvalue weighted by atomic mass is 16.1. The van der Waals surface area contributed by atoms with Crippen LogP contribution in [0.25, 0.3) is 27.2 Å². The zero-order valence-electron chi connectivity index (χ0n) is 16.7. The van der Waals surface area contributed by atoms with Gasteiger partial charge in [-0.2, -0.15) is 5.10 Å². The van der Waals surface area contributed by atoms with Gasteiger partial charge in [-0.15, -0.1) is 0 Å². The van der Waals surface area contributed by atoms with Crippen LogP contribution in [0.4, 0.5) is 5.69 Å². The van der Waals surface area contributed by atoms with Crippen molar-refractivity contribution in [1.29, 1.82) is 0 Å². The number of carbonyl (C=O) groups excluding carboxylic acids is 1. The molecule has 0 radical (unpaired) electrons. The molecule has 0 spiro atoms. The normalized spacial score (nSPS) is 15.5. The molecular weight excluding hydrogens is 374 g/mol. The van der Waals surface area contributed by atoms with E-state index in [0.717, 1.165) is 52.1 Å². The van der Waals surface area contributed by atoms with Gasteiger partial charge in [0, 0.05) is 35.8 Å². The summed E-state index contributed by atoms with van der Waals surface area (Å²) in [6.45, 7) is 8.26. The van der Waals surface area contributed by atoms with Crippen LogP contribution in [0.1, 0.15) is 40.2 Å². The fourth-order valence-electron chi connectivity index (χ4n) is 4.27. The molecule has 1 aliphatic heterocycles. The summed E-state index contributed by atoms with van der Waals surface area (Å²) < 4.78 is 1.82. The van der Waals surface area contributed by atoms with Gasteiger partial charge in [0.1, 0.15) is 6.54 Å². The molecule has 0 unspecified atom stereocenters. The second kappa shape index (κ2) is 7.05. The molecule has 0 atom stereocenters. The molecule has 5 rings (SSSR count). The smallest absolute Gasteiger partial charge is 0.199 e. The van der Waals surface area contributed by atoms with E-state index in [1.165, 1.54) is 0 Å². The van der Waals surface area contributed by atoms with Crippen LogP contribution in [0.15, 0.2) is 47.6 Å². The Balaban J connectivity index is 1.69. The minimum absolute atomic E-state index is 0.00703. The Morgan fingerprint density at radius 2 is 2.00 bits per heavy atom. The van der Waals surface area contributed by atoms with Gasteiger partial charge in [-0.25, -0.2) is 4.85 Å². The Kier molecular flexibility index (Phi) is 4.34. The predicted octanol–water partition coefficient (Wildman–Crippen LogP) is 4.13. The SMILES string of the molecule is [C-]#[N+]c1c(-c2c(-c3ccc4c(c3)C(CN)=NCC4=O)cnn2C)cccc1C1CC1. The summed E-state index contributed by atoms with van der Waals surface area (Å²) in [7, 11) is 1.89. The number of fused-ring (bicyclic) bond motifs is 1. The monoisotopic (exact) mass is 395 g/mol. The highest BCUT2D eigenvalue weighted by Gasteiger charge is 2.29. The number of rotatable bonds is 4. The van der Waals surface area contributed by atoms with Gasteiger partial charge in [0.15, 0.2) is 11.5 Å². The van der Waals surface area contributed by atoms with Gasteiger partial charge in [0.2, 0.25) is 0 Å². The zero-order valence-corrected chi connectivity index (χ0v) is 16.7. The summed E-state index contributed by atoms with van der Waals surface area (Å²) in [5, 5.41) is 4.49. The maximum absolute atomic E-state index is 12.3. The van der Waals surface area contributed by atoms with Crippen molar-refractivity contribution in [1.82, 2.24) is 9.78 Å². The van der Waals surface area contributed by atoms with Gasteiger partial charge in [0.05, 0.1) is 24.2 Å². The van der Waals surface area contributed by atoms with E-state index in [9.17, 15) is 4.79 Å². The molecule has 2 aromatic carbocycles. The van der Waals surface area contributed by atoms with Gasteiger partial charge < -0.3 is 5.73 Å². The number of Topliss-reactive ketones (excluding diaryl/α,β-unsaturated/α-hetero) is 1. The average Bonchev–Trinajstić information content (AvgIpc) is 3.55. The van der Waals surface area contributed by atoms with Crippen molar-refractivity contribution >= 4 is 17.2 Å². The van der Waals surface area contributed by atoms with Crippen molar-refractivity contribution in [2.45, 2.75) is 18.8 Å². The van der Waals surface area contributed by atoms with Crippen molar-refractivity contribution in [3.63, 3.8) is 0 Å². The summed E-state index contributed by atoms with van der Waals surface area (Å²) in [5.74, 6) is 0.497. The van der Waals surface area contributed by atoms with E-state index in [0.29, 0.717) is 17.2 Å². The van der Waals surface area contributed by atoms with Crippen LogP contribution >= 0.6 is 0 Å². The Hall–Kier alpha value is -3.56. The molecule has 0 saturated heterocycles. The lowest BCUT2D eigenvalue weighted by atomic mass is 9.91. The van der Waals surface area contributed by atoms with Crippen LogP contribution in [-0.4, -0.2) is 34.4 Å². The molecule has 6 heteroatoms. The molecule has 6 nitrogen and oxygen atoms in total. The summed E-state index contributed by atoms with van der Waals surface area (Å²) in [6.07, 6.45) is 4.10. The molecule has 148 valence electrons. The number of ketones is 1. The van der Waals surface area contributed by atoms with Gasteiger partial charge >= 0.3 is 0 Å². The Labute approximate surface area is 174 Å². The van der Waals surface area contributed by atoms with E-state index in [1.807, 2.05) is 48.3 Å². The van der Waals surface area contributed by atoms with Gasteiger partial charge in [-0.3, -0.25) is 14.5 Å². The molecule has 2 heterocycles. The molecule has 2 aliphatic rings. The van der Waals surface area contributed by atoms with Crippen LogP contribution < -0.4 is 5.73 Å². The number of nitrogens with zero attached hydrogens (tertiary/aromatic N) is 4. The third-order valence-electron chi connectivity index (χ3n) is 5.94. The highest BCUT2D eigenvalue weighted by Crippen LogP contribution is 2.48. The fraction of sp³-hybridized carbons (Fsp3) is 0.250. The van der Waals surface area contributed by atoms with E-state index in [2.05, 4.69) is 21.0 Å². The van der Waals surface area contributed by atoms with Crippen molar-refractivity contribution in [3.8, 4) is 22.4 Å². The standard InChI is InChI=1S/C24H21N5O/c1-26-23-16(14-6-7-14)4-3-5-18(23)24-20(12-28-29(24)2)15-8-9-17-19(10-15)21(11-25)27-13-22(17)30/h3-5,8-10,12,14H,6-7,11,13,25H2,2H3. The summed E-state index contributed by atoms with van der Waals surface area (Å²) in [5.41, 5.74) is 13.6. The molecule has 1 aromatic heterocycles. The highest BCUT2D eigenvalue weighted by molar-refractivity contribution is 6.16. The number of benzene rings is 2. The molecule has 0 amide bonds. The number of hydrogen-bond donors (Lipinski definition) is 1. The number of hydrogen-bond acceptors (Lipinski definition) is 4. The fourth-order valence-corrected chi connectivity index (χ4v) is 4.27. The molecule has 30 heavy (non-hydrogen) atoms. The predicted molar refractivity (Wildman–Crippen MR) is 117 cm³/mol. The second-order valence-corrected chi connectivity index (χ2v) is 7.81. The third-order valence-corrected chi connectivity index (χ3v) is 5.94. The number of para-hydroxylation sites is 1. The lowest BCUT2D eigenvalue weighted by Gasteiger charge is -2.17. The first-order chi connectivity index (χ1) is 14.6. The van der Waals surface area contributed by atoms with Crippen LogP contribution in [-0.2, 0) is 7.05 Å². The summed E-state index contributed by atoms with van der Waals surface area (Å²) >= 11 is 0. The molecule has 2 N–H and O–H groups in total. The second-order valence-electron chi connectivity index (χ2n) is 7.81. The maximum Gasteiger partial charge on any atom is 0.199 e. The minimum Gasteiger partial charge on any atom is -0.325 e. The quantitative estimate of drug-likeness (QED) is 0.675. The van der Waals surface area contributed by atoms with Crippen molar-refractivity contribution in [2.24, 2.45) is 17.8 Å². The van der Waals surface area contributed by atoms with Crippen LogP contribution in [0.3, 0.4) is 0 Å². The first kappa shape index (κ1) is 18.5. The minimum atomic E-state index is 0.00703. The largest absolute Gasteiger partial charge is 0.325 e. The van der Waals surface area contributed by atoms with Crippen molar-refractivity contribution < 1.29 is 4.79 Å². The number of aromatic nitrogens is 2. The maximum atomic E-state index is 12.3. The lowest BCUT2D eigenvalue weighted by molar-refractivity contribution is 0.1000.